The van der Waals surface area contributed by atoms with Gasteiger partial charge in [0.25, 0.3) is 0 Å². The molecule has 1 rings (SSSR count). The zero-order chi connectivity index (χ0) is 10.6. The van der Waals surface area contributed by atoms with Crippen molar-refractivity contribution in [2.75, 3.05) is 13.2 Å². The quantitative estimate of drug-likeness (QED) is 0.457. The normalized spacial score (nSPS) is 26.9. The van der Waals surface area contributed by atoms with E-state index < -0.39 is 18.8 Å². The van der Waals surface area contributed by atoms with Gasteiger partial charge in [-0.1, -0.05) is 6.08 Å². The summed E-state index contributed by atoms with van der Waals surface area (Å²) < 4.78 is 0. The summed E-state index contributed by atoms with van der Waals surface area (Å²) in [6.45, 7) is 0.0663. The molecule has 0 radical (unpaired) electrons. The molecule has 0 spiro atoms. The van der Waals surface area contributed by atoms with Crippen LogP contribution in [0.4, 0.5) is 0 Å². The van der Waals surface area contributed by atoms with E-state index in [9.17, 15) is 10.2 Å². The van der Waals surface area contributed by atoms with Crippen molar-refractivity contribution in [2.24, 2.45) is 11.7 Å². The largest absolute Gasteiger partial charge is 0.394 e. The van der Waals surface area contributed by atoms with Crippen LogP contribution in [0, 0.1) is 5.92 Å². The summed E-state index contributed by atoms with van der Waals surface area (Å²) in [7, 11) is 0. The fourth-order valence-corrected chi connectivity index (χ4v) is 1.90. The predicted molar refractivity (Wildman–Crippen MR) is 53.6 cm³/mol. The van der Waals surface area contributed by atoms with Crippen LogP contribution >= 0.6 is 0 Å². The lowest BCUT2D eigenvalue weighted by Crippen LogP contribution is -2.36. The first-order valence-corrected chi connectivity index (χ1v) is 5.07. The van der Waals surface area contributed by atoms with Crippen LogP contribution in [0.3, 0.4) is 0 Å². The highest BCUT2D eigenvalue weighted by molar-refractivity contribution is 5.16. The van der Waals surface area contributed by atoms with E-state index in [1.807, 2.05) is 6.08 Å². The van der Waals surface area contributed by atoms with E-state index in [1.54, 1.807) is 0 Å². The van der Waals surface area contributed by atoms with Gasteiger partial charge < -0.3 is 21.1 Å². The lowest BCUT2D eigenvalue weighted by Gasteiger charge is -2.28. The summed E-state index contributed by atoms with van der Waals surface area (Å²) in [4.78, 5) is 0. The Labute approximate surface area is 84.1 Å². The second-order valence-corrected chi connectivity index (χ2v) is 3.76. The Hall–Kier alpha value is -0.420. The van der Waals surface area contributed by atoms with Crippen molar-refractivity contribution in [3.8, 4) is 0 Å². The maximum Gasteiger partial charge on any atom is 0.107 e. The van der Waals surface area contributed by atoms with Gasteiger partial charge in [-0.2, -0.15) is 0 Å². The van der Waals surface area contributed by atoms with E-state index in [1.165, 1.54) is 0 Å². The molecule has 0 aromatic rings. The molecular weight excluding hydrogens is 182 g/mol. The zero-order valence-corrected chi connectivity index (χ0v) is 8.26. The monoisotopic (exact) mass is 201 g/mol. The molecule has 0 aromatic carbocycles. The smallest absolute Gasteiger partial charge is 0.107 e. The van der Waals surface area contributed by atoms with Crippen LogP contribution in [-0.4, -0.2) is 40.7 Å². The Kier molecular flexibility index (Phi) is 4.54. The second-order valence-electron chi connectivity index (χ2n) is 3.76. The van der Waals surface area contributed by atoms with Gasteiger partial charge in [-0.15, -0.1) is 0 Å². The highest BCUT2D eigenvalue weighted by Gasteiger charge is 2.26. The van der Waals surface area contributed by atoms with Crippen LogP contribution in [0.1, 0.15) is 19.3 Å². The summed E-state index contributed by atoms with van der Waals surface area (Å²) in [6.07, 6.45) is 2.83. The minimum atomic E-state index is -1.09. The number of aliphatic hydroxyl groups excluding tert-OH is 3. The van der Waals surface area contributed by atoms with Crippen LogP contribution in [0.25, 0.3) is 0 Å². The first-order valence-electron chi connectivity index (χ1n) is 5.07. The van der Waals surface area contributed by atoms with Gasteiger partial charge in [0.1, 0.15) is 12.2 Å². The Morgan fingerprint density at radius 2 is 2.21 bits per heavy atom. The van der Waals surface area contributed by atoms with E-state index in [0.717, 1.165) is 24.8 Å². The number of hydrogen-bond donors (Lipinski definition) is 4. The van der Waals surface area contributed by atoms with Crippen molar-refractivity contribution in [1.29, 1.82) is 0 Å². The highest BCUT2D eigenvalue weighted by atomic mass is 16.4. The molecule has 82 valence electrons. The molecule has 0 heterocycles. The summed E-state index contributed by atoms with van der Waals surface area (Å²) in [5.74, 6) is 0.153. The fourth-order valence-electron chi connectivity index (χ4n) is 1.90. The predicted octanol–water partition coefficient (Wildman–Crippen LogP) is -0.614. The molecule has 0 bridgehead atoms. The zero-order valence-electron chi connectivity index (χ0n) is 8.26. The lowest BCUT2D eigenvalue weighted by molar-refractivity contribution is -0.00105. The van der Waals surface area contributed by atoms with Gasteiger partial charge in [-0.3, -0.25) is 0 Å². The number of rotatable bonds is 4. The van der Waals surface area contributed by atoms with Crippen molar-refractivity contribution >= 4 is 0 Å². The van der Waals surface area contributed by atoms with Crippen molar-refractivity contribution in [1.82, 2.24) is 0 Å². The highest BCUT2D eigenvalue weighted by Crippen LogP contribution is 2.27. The lowest BCUT2D eigenvalue weighted by atomic mass is 9.83. The van der Waals surface area contributed by atoms with Gasteiger partial charge in [0.05, 0.1) is 6.61 Å². The number of nitrogens with two attached hydrogens (primary N) is 1. The van der Waals surface area contributed by atoms with E-state index >= 15 is 0 Å². The molecule has 0 aliphatic heterocycles. The minimum Gasteiger partial charge on any atom is -0.394 e. The summed E-state index contributed by atoms with van der Waals surface area (Å²) in [5, 5.41) is 27.7. The number of hydrogen-bond acceptors (Lipinski definition) is 4. The summed E-state index contributed by atoms with van der Waals surface area (Å²) in [6, 6.07) is 0. The Morgan fingerprint density at radius 1 is 1.50 bits per heavy atom. The first-order chi connectivity index (χ1) is 6.70. The van der Waals surface area contributed by atoms with E-state index in [0.29, 0.717) is 6.54 Å². The van der Waals surface area contributed by atoms with Crippen LogP contribution in [0.2, 0.25) is 0 Å². The Balaban J connectivity index is 2.67. The van der Waals surface area contributed by atoms with Crippen LogP contribution in [0.5, 0.6) is 0 Å². The van der Waals surface area contributed by atoms with Crippen molar-refractivity contribution in [3.05, 3.63) is 11.6 Å². The molecular formula is C10H19NO3. The van der Waals surface area contributed by atoms with E-state index in [2.05, 4.69) is 0 Å². The fraction of sp³-hybridized carbons (Fsp3) is 0.800. The maximum absolute atomic E-state index is 9.71. The van der Waals surface area contributed by atoms with Crippen molar-refractivity contribution in [2.45, 2.75) is 31.5 Å². The van der Waals surface area contributed by atoms with Gasteiger partial charge in [0.2, 0.25) is 0 Å². The van der Waals surface area contributed by atoms with Crippen LogP contribution < -0.4 is 5.73 Å². The standard InChI is InChI=1S/C10H19NO3/c11-5-7-3-1-2-4-8(7)10(14)9(13)6-12/h4,7,9-10,12-14H,1-3,5-6,11H2/t7?,9?,10-/m1/s1. The molecule has 0 saturated heterocycles. The molecule has 4 nitrogen and oxygen atoms in total. The average molecular weight is 201 g/mol. The van der Waals surface area contributed by atoms with Gasteiger partial charge in [0, 0.05) is 0 Å². The number of allylic oxidation sites excluding steroid dienone is 1. The molecule has 4 heteroatoms. The molecule has 2 unspecified atom stereocenters. The average Bonchev–Trinajstić information content (AvgIpc) is 2.26. The van der Waals surface area contributed by atoms with E-state index in [-0.39, 0.29) is 5.92 Å². The summed E-state index contributed by atoms with van der Waals surface area (Å²) in [5.41, 5.74) is 6.37. The van der Waals surface area contributed by atoms with Crippen LogP contribution in [0.15, 0.2) is 11.6 Å². The van der Waals surface area contributed by atoms with Gasteiger partial charge >= 0.3 is 0 Å². The molecule has 0 fully saturated rings. The van der Waals surface area contributed by atoms with Crippen molar-refractivity contribution in [3.63, 3.8) is 0 Å². The number of aliphatic hydroxyl groups is 3. The molecule has 14 heavy (non-hydrogen) atoms. The third kappa shape index (κ3) is 2.54. The van der Waals surface area contributed by atoms with E-state index in [4.69, 9.17) is 10.8 Å². The van der Waals surface area contributed by atoms with Crippen molar-refractivity contribution < 1.29 is 15.3 Å². The SMILES string of the molecule is NCC1CCCC=C1[C@@H](O)C(O)CO. The molecule has 3 atom stereocenters. The van der Waals surface area contributed by atoms with Gasteiger partial charge in [-0.05, 0) is 37.3 Å². The third-order valence-corrected chi connectivity index (χ3v) is 2.79. The second kappa shape index (κ2) is 5.46. The maximum atomic E-state index is 9.71. The molecule has 0 aromatic heterocycles. The third-order valence-electron chi connectivity index (χ3n) is 2.79. The van der Waals surface area contributed by atoms with Crippen LogP contribution in [-0.2, 0) is 0 Å². The summed E-state index contributed by atoms with van der Waals surface area (Å²) >= 11 is 0. The Bertz CT molecular complexity index is 206. The topological polar surface area (TPSA) is 86.7 Å². The minimum absolute atomic E-state index is 0.153. The molecule has 5 N–H and O–H groups in total. The Morgan fingerprint density at radius 3 is 2.79 bits per heavy atom. The molecule has 1 aliphatic rings. The molecule has 0 amide bonds. The molecule has 1 aliphatic carbocycles. The van der Waals surface area contributed by atoms with Gasteiger partial charge in [-0.25, -0.2) is 0 Å². The first kappa shape index (κ1) is 11.7. The molecule has 0 saturated carbocycles. The van der Waals surface area contributed by atoms with Gasteiger partial charge in [0.15, 0.2) is 0 Å².